The van der Waals surface area contributed by atoms with E-state index in [1.807, 2.05) is 26.0 Å². The molecule has 2 nitrogen and oxygen atoms in total. The van der Waals surface area contributed by atoms with Gasteiger partial charge in [0.15, 0.2) is 0 Å². The molecule has 1 heterocycles. The maximum atomic E-state index is 6.01. The van der Waals surface area contributed by atoms with E-state index in [4.69, 9.17) is 20.9 Å². The molecule has 0 radical (unpaired) electrons. The molecule has 0 spiro atoms. The molecule has 1 fully saturated rings. The fourth-order valence-electron chi connectivity index (χ4n) is 1.60. The first-order chi connectivity index (χ1) is 6.68. The molecule has 1 saturated heterocycles. The van der Waals surface area contributed by atoms with Crippen molar-refractivity contribution >= 4 is 24.2 Å². The van der Waals surface area contributed by atoms with Crippen molar-refractivity contribution in [2.24, 2.45) is 0 Å². The monoisotopic (exact) mass is 210 g/mol. The van der Waals surface area contributed by atoms with E-state index in [-0.39, 0.29) is 7.12 Å². The second kappa shape index (κ2) is 3.93. The first-order valence-electron chi connectivity index (χ1n) is 4.68. The zero-order valence-electron chi connectivity index (χ0n) is 8.34. The molecule has 1 aliphatic heterocycles. The topological polar surface area (TPSA) is 18.5 Å². The van der Waals surface area contributed by atoms with Crippen LogP contribution in [0.15, 0.2) is 12.1 Å². The number of benzene rings is 1. The molecule has 1 aromatic carbocycles. The number of hydrogen-bond acceptors (Lipinski definition) is 2. The van der Waals surface area contributed by atoms with E-state index in [1.165, 1.54) is 0 Å². The van der Waals surface area contributed by atoms with Crippen LogP contribution in [0, 0.1) is 13.8 Å². The van der Waals surface area contributed by atoms with Crippen molar-refractivity contribution in [3.8, 4) is 0 Å². The van der Waals surface area contributed by atoms with E-state index in [1.54, 1.807) is 0 Å². The first-order valence-corrected chi connectivity index (χ1v) is 5.06. The zero-order chi connectivity index (χ0) is 10.1. The Kier molecular flexibility index (Phi) is 2.82. The molecule has 2 rings (SSSR count). The Labute approximate surface area is 89.3 Å². The molecule has 0 atom stereocenters. The van der Waals surface area contributed by atoms with E-state index in [0.717, 1.165) is 21.6 Å². The lowest BCUT2D eigenvalue weighted by Gasteiger charge is -2.10. The minimum Gasteiger partial charge on any atom is -0.405 e. The Morgan fingerprint density at radius 3 is 2.43 bits per heavy atom. The maximum absolute atomic E-state index is 6.01. The average Bonchev–Trinajstić information content (AvgIpc) is 2.64. The Hall–Kier alpha value is -0.505. The highest BCUT2D eigenvalue weighted by atomic mass is 35.5. The molecule has 0 N–H and O–H groups in total. The standard InChI is InChI=1S/C10H12BClO2/c1-7-6-10(12)8(2)5-9(7)11-13-3-4-14-11/h5-6H,3-4H2,1-2H3. The largest absolute Gasteiger partial charge is 0.494 e. The minimum atomic E-state index is -0.203. The van der Waals surface area contributed by atoms with Gasteiger partial charge in [0.2, 0.25) is 0 Å². The zero-order valence-corrected chi connectivity index (χ0v) is 9.10. The summed E-state index contributed by atoms with van der Waals surface area (Å²) in [6.45, 7) is 5.35. The van der Waals surface area contributed by atoms with Crippen LogP contribution in [0.2, 0.25) is 5.02 Å². The fourth-order valence-corrected chi connectivity index (χ4v) is 1.81. The molecular weight excluding hydrogens is 198 g/mol. The molecule has 0 aliphatic carbocycles. The van der Waals surface area contributed by atoms with Crippen molar-refractivity contribution in [3.05, 3.63) is 28.3 Å². The molecule has 74 valence electrons. The van der Waals surface area contributed by atoms with Gasteiger partial charge in [-0.2, -0.15) is 0 Å². The molecule has 0 aromatic heterocycles. The summed E-state index contributed by atoms with van der Waals surface area (Å²) in [6, 6.07) is 3.99. The van der Waals surface area contributed by atoms with E-state index >= 15 is 0 Å². The van der Waals surface area contributed by atoms with Crippen LogP contribution < -0.4 is 5.46 Å². The molecule has 0 saturated carbocycles. The summed E-state index contributed by atoms with van der Waals surface area (Å²) in [5.41, 5.74) is 3.27. The van der Waals surface area contributed by atoms with Crippen LogP contribution in [0.3, 0.4) is 0 Å². The highest BCUT2D eigenvalue weighted by Gasteiger charge is 2.28. The average molecular weight is 210 g/mol. The molecular formula is C10H12BClO2. The van der Waals surface area contributed by atoms with Crippen molar-refractivity contribution in [3.63, 3.8) is 0 Å². The Bertz CT molecular complexity index is 348. The van der Waals surface area contributed by atoms with Crippen LogP contribution in [0.25, 0.3) is 0 Å². The molecule has 14 heavy (non-hydrogen) atoms. The number of aryl methyl sites for hydroxylation is 2. The van der Waals surface area contributed by atoms with Crippen LogP contribution in [-0.2, 0) is 9.31 Å². The van der Waals surface area contributed by atoms with Gasteiger partial charge >= 0.3 is 7.12 Å². The summed E-state index contributed by atoms with van der Waals surface area (Å²) >= 11 is 6.01. The number of rotatable bonds is 1. The third kappa shape index (κ3) is 1.80. The van der Waals surface area contributed by atoms with Crippen molar-refractivity contribution < 1.29 is 9.31 Å². The predicted octanol–water partition coefficient (Wildman–Crippen LogP) is 1.70. The lowest BCUT2D eigenvalue weighted by Crippen LogP contribution is -2.34. The second-order valence-corrected chi connectivity index (χ2v) is 3.94. The van der Waals surface area contributed by atoms with Crippen LogP contribution in [0.4, 0.5) is 0 Å². The van der Waals surface area contributed by atoms with Crippen molar-refractivity contribution in [1.29, 1.82) is 0 Å². The normalized spacial score (nSPS) is 16.4. The van der Waals surface area contributed by atoms with E-state index in [2.05, 4.69) is 0 Å². The summed E-state index contributed by atoms with van der Waals surface area (Å²) in [4.78, 5) is 0. The Balaban J connectivity index is 2.37. The third-order valence-electron chi connectivity index (χ3n) is 2.42. The van der Waals surface area contributed by atoms with Gasteiger partial charge < -0.3 is 9.31 Å². The smallest absolute Gasteiger partial charge is 0.405 e. The van der Waals surface area contributed by atoms with Gasteiger partial charge in [-0.3, -0.25) is 0 Å². The molecule has 1 aromatic rings. The SMILES string of the molecule is Cc1cc(B2OCCO2)c(C)cc1Cl. The molecule has 0 amide bonds. The highest BCUT2D eigenvalue weighted by molar-refractivity contribution is 6.62. The van der Waals surface area contributed by atoms with Gasteiger partial charge in [0.25, 0.3) is 0 Å². The molecule has 0 unspecified atom stereocenters. The summed E-state index contributed by atoms with van der Waals surface area (Å²) < 4.78 is 10.9. The molecule has 0 bridgehead atoms. The summed E-state index contributed by atoms with van der Waals surface area (Å²) in [6.07, 6.45) is 0. The van der Waals surface area contributed by atoms with E-state index in [0.29, 0.717) is 13.2 Å². The quantitative estimate of drug-likeness (QED) is 0.657. The van der Waals surface area contributed by atoms with Gasteiger partial charge in [-0.15, -0.1) is 0 Å². The molecule has 4 heteroatoms. The van der Waals surface area contributed by atoms with E-state index in [9.17, 15) is 0 Å². The lowest BCUT2D eigenvalue weighted by molar-refractivity contribution is 0.365. The van der Waals surface area contributed by atoms with Crippen LogP contribution in [-0.4, -0.2) is 20.3 Å². The van der Waals surface area contributed by atoms with Crippen LogP contribution in [0.5, 0.6) is 0 Å². The number of halogens is 1. The van der Waals surface area contributed by atoms with Gasteiger partial charge in [0.05, 0.1) is 13.2 Å². The van der Waals surface area contributed by atoms with Crippen molar-refractivity contribution in [1.82, 2.24) is 0 Å². The highest BCUT2D eigenvalue weighted by Crippen LogP contribution is 2.16. The van der Waals surface area contributed by atoms with Gasteiger partial charge in [-0.25, -0.2) is 0 Å². The second-order valence-electron chi connectivity index (χ2n) is 3.53. The Morgan fingerprint density at radius 1 is 1.14 bits per heavy atom. The summed E-state index contributed by atoms with van der Waals surface area (Å²) in [7, 11) is -0.203. The first kappa shape index (κ1) is 10.0. The van der Waals surface area contributed by atoms with Crippen molar-refractivity contribution in [2.75, 3.05) is 13.2 Å². The van der Waals surface area contributed by atoms with Gasteiger partial charge in [0, 0.05) is 5.02 Å². The molecule has 1 aliphatic rings. The predicted molar refractivity (Wildman–Crippen MR) is 58.2 cm³/mol. The van der Waals surface area contributed by atoms with Gasteiger partial charge in [0.1, 0.15) is 0 Å². The van der Waals surface area contributed by atoms with Crippen LogP contribution >= 0.6 is 11.6 Å². The van der Waals surface area contributed by atoms with Crippen LogP contribution in [0.1, 0.15) is 11.1 Å². The minimum absolute atomic E-state index is 0.203. The fraction of sp³-hybridized carbons (Fsp3) is 0.400. The third-order valence-corrected chi connectivity index (χ3v) is 2.83. The number of hydrogen-bond donors (Lipinski definition) is 0. The van der Waals surface area contributed by atoms with E-state index < -0.39 is 0 Å². The summed E-state index contributed by atoms with van der Waals surface area (Å²) in [5.74, 6) is 0. The lowest BCUT2D eigenvalue weighted by atomic mass is 9.76. The van der Waals surface area contributed by atoms with Crippen molar-refractivity contribution in [2.45, 2.75) is 13.8 Å². The Morgan fingerprint density at radius 2 is 1.79 bits per heavy atom. The van der Waals surface area contributed by atoms with Gasteiger partial charge in [-0.05, 0) is 36.5 Å². The summed E-state index contributed by atoms with van der Waals surface area (Å²) in [5, 5.41) is 0.796. The van der Waals surface area contributed by atoms with Gasteiger partial charge in [-0.1, -0.05) is 17.7 Å². The maximum Gasteiger partial charge on any atom is 0.494 e.